The van der Waals surface area contributed by atoms with Gasteiger partial charge in [0.1, 0.15) is 24.1 Å². The van der Waals surface area contributed by atoms with E-state index in [-0.39, 0.29) is 22.2 Å². The molecule has 0 unspecified atom stereocenters. The summed E-state index contributed by atoms with van der Waals surface area (Å²) >= 11 is 0. The summed E-state index contributed by atoms with van der Waals surface area (Å²) in [7, 11) is 0. The summed E-state index contributed by atoms with van der Waals surface area (Å²) in [5.41, 5.74) is 8.86. The quantitative estimate of drug-likeness (QED) is 0.349. The highest BCUT2D eigenvalue weighted by Gasteiger charge is 2.48. The van der Waals surface area contributed by atoms with Crippen LogP contribution in [0.5, 0.6) is 0 Å². The molecule has 0 radical (unpaired) electrons. The summed E-state index contributed by atoms with van der Waals surface area (Å²) in [5, 5.41) is 23.7. The third kappa shape index (κ3) is 4.32. The number of hydrogen-bond acceptors (Lipinski definition) is 8. The van der Waals surface area contributed by atoms with Crippen LogP contribution in [-0.2, 0) is 9.53 Å². The Morgan fingerprint density at radius 2 is 1.74 bits per heavy atom. The number of nitrogen functional groups attached to an aromatic ring is 1. The lowest BCUT2D eigenvalue weighted by molar-refractivity contribution is -0.132. The van der Waals surface area contributed by atoms with Crippen LogP contribution in [0.15, 0.2) is 30.9 Å². The molecule has 1 aromatic carbocycles. The Balaban J connectivity index is 0.00000160. The highest BCUT2D eigenvalue weighted by molar-refractivity contribution is 5.96. The van der Waals surface area contributed by atoms with Crippen molar-refractivity contribution in [3.8, 4) is 0 Å². The van der Waals surface area contributed by atoms with Gasteiger partial charge in [0.15, 0.2) is 23.8 Å². The SMILES string of the molecule is Cc1cccc(C)c1NC(=O)[C@H]1O[C@@H](n2cnc3c(N)ncnc32)[C@H](O)[C@@H]1O.O.O.O. The summed E-state index contributed by atoms with van der Waals surface area (Å²) in [6.45, 7) is 3.74. The molecule has 0 bridgehead atoms. The molecule has 170 valence electrons. The zero-order valence-electron chi connectivity index (χ0n) is 16.8. The summed E-state index contributed by atoms with van der Waals surface area (Å²) < 4.78 is 7.13. The van der Waals surface area contributed by atoms with E-state index in [1.54, 1.807) is 0 Å². The molecule has 4 rings (SSSR count). The monoisotopic (exact) mass is 438 g/mol. The zero-order valence-corrected chi connectivity index (χ0v) is 16.8. The third-order valence-electron chi connectivity index (χ3n) is 4.89. The second kappa shape index (κ2) is 9.74. The van der Waals surface area contributed by atoms with Crippen molar-refractivity contribution < 1.29 is 36.2 Å². The van der Waals surface area contributed by atoms with E-state index in [0.717, 1.165) is 11.1 Å². The van der Waals surface area contributed by atoms with Crippen LogP contribution in [0, 0.1) is 13.8 Å². The van der Waals surface area contributed by atoms with Gasteiger partial charge in [0.05, 0.1) is 6.33 Å². The normalized spacial score (nSPS) is 22.2. The van der Waals surface area contributed by atoms with E-state index in [2.05, 4.69) is 20.3 Å². The van der Waals surface area contributed by atoms with Gasteiger partial charge in [-0.3, -0.25) is 9.36 Å². The summed E-state index contributed by atoms with van der Waals surface area (Å²) in [6.07, 6.45) is -2.46. The van der Waals surface area contributed by atoms with E-state index in [9.17, 15) is 15.0 Å². The van der Waals surface area contributed by atoms with Gasteiger partial charge < -0.3 is 42.4 Å². The highest BCUT2D eigenvalue weighted by Crippen LogP contribution is 2.33. The Kier molecular flexibility index (Phi) is 8.12. The van der Waals surface area contributed by atoms with Crippen LogP contribution in [0.4, 0.5) is 11.5 Å². The molecule has 0 aliphatic carbocycles. The molecule has 11 N–H and O–H groups in total. The first-order valence-corrected chi connectivity index (χ1v) is 8.70. The molecule has 1 aliphatic heterocycles. The maximum absolute atomic E-state index is 12.7. The number of nitrogens with one attached hydrogen (secondary N) is 1. The number of aliphatic hydroxyl groups excluding tert-OH is 2. The van der Waals surface area contributed by atoms with Gasteiger partial charge in [-0.15, -0.1) is 0 Å². The number of nitrogens with zero attached hydrogens (tertiary/aromatic N) is 4. The highest BCUT2D eigenvalue weighted by atomic mass is 16.6. The van der Waals surface area contributed by atoms with Crippen molar-refractivity contribution in [3.63, 3.8) is 0 Å². The van der Waals surface area contributed by atoms with Gasteiger partial charge in [-0.1, -0.05) is 18.2 Å². The number of imidazole rings is 1. The number of nitrogens with two attached hydrogens (primary N) is 1. The third-order valence-corrected chi connectivity index (χ3v) is 4.89. The molecule has 1 saturated heterocycles. The van der Waals surface area contributed by atoms with Crippen molar-refractivity contribution in [1.29, 1.82) is 0 Å². The lowest BCUT2D eigenvalue weighted by Gasteiger charge is -2.17. The number of carbonyl (C=O) groups excluding carboxylic acids is 1. The summed E-state index contributed by atoms with van der Waals surface area (Å²) in [6, 6.07) is 5.63. The zero-order chi connectivity index (χ0) is 20.0. The number of ether oxygens (including phenoxy) is 1. The predicted octanol–water partition coefficient (Wildman–Crippen LogP) is -2.19. The smallest absolute Gasteiger partial charge is 0.256 e. The number of aryl methyl sites for hydroxylation is 2. The number of para-hydroxylation sites is 1. The number of anilines is 2. The fourth-order valence-electron chi connectivity index (χ4n) is 3.37. The average Bonchev–Trinajstić information content (AvgIpc) is 3.21. The standard InChI is InChI=1S/C18H20N6O4.3H2O/c1-8-4-3-5-9(2)10(8)23-17(27)14-12(25)13(26)18(28-14)24-7-22-11-15(19)20-6-21-16(11)24;;;/h3-7,12-14,18,25-26H,1-2H3,(H,23,27)(H2,19,20,21);3*1H2/t12-,13+,14-,18+;;;/m0.../s1. The van der Waals surface area contributed by atoms with Gasteiger partial charge in [-0.2, -0.15) is 0 Å². The van der Waals surface area contributed by atoms with Crippen molar-refractivity contribution in [2.75, 3.05) is 11.1 Å². The Bertz CT molecular complexity index is 1040. The van der Waals surface area contributed by atoms with Gasteiger partial charge in [0.25, 0.3) is 5.91 Å². The van der Waals surface area contributed by atoms with Crippen molar-refractivity contribution in [2.45, 2.75) is 38.4 Å². The largest absolute Gasteiger partial charge is 0.412 e. The molecule has 31 heavy (non-hydrogen) atoms. The van der Waals surface area contributed by atoms with E-state index in [1.165, 1.54) is 17.2 Å². The molecule has 1 fully saturated rings. The molecule has 13 nitrogen and oxygen atoms in total. The van der Waals surface area contributed by atoms with Crippen molar-refractivity contribution in [2.24, 2.45) is 0 Å². The Labute approximate surface area is 176 Å². The molecule has 0 saturated carbocycles. The van der Waals surface area contributed by atoms with E-state index in [0.29, 0.717) is 16.9 Å². The first kappa shape index (κ1) is 25.8. The van der Waals surface area contributed by atoms with Crippen LogP contribution >= 0.6 is 0 Å². The Hall–Kier alpha value is -3.20. The minimum Gasteiger partial charge on any atom is -0.412 e. The number of aromatic nitrogens is 4. The molecule has 3 heterocycles. The first-order chi connectivity index (χ1) is 13.4. The molecule has 0 spiro atoms. The lowest BCUT2D eigenvalue weighted by atomic mass is 10.1. The molecule has 1 amide bonds. The summed E-state index contributed by atoms with van der Waals surface area (Å²) in [4.78, 5) is 24.8. The van der Waals surface area contributed by atoms with Crippen LogP contribution in [0.3, 0.4) is 0 Å². The van der Waals surface area contributed by atoms with E-state index < -0.39 is 30.4 Å². The molecule has 2 aromatic heterocycles. The molecular weight excluding hydrogens is 412 g/mol. The van der Waals surface area contributed by atoms with E-state index in [1.807, 2.05) is 32.0 Å². The fraction of sp³-hybridized carbons (Fsp3) is 0.333. The van der Waals surface area contributed by atoms with Gasteiger partial charge in [-0.05, 0) is 25.0 Å². The second-order valence-corrected chi connectivity index (χ2v) is 6.77. The lowest BCUT2D eigenvalue weighted by Crippen LogP contribution is -2.39. The van der Waals surface area contributed by atoms with E-state index in [4.69, 9.17) is 10.5 Å². The van der Waals surface area contributed by atoms with Crippen LogP contribution in [0.1, 0.15) is 17.4 Å². The van der Waals surface area contributed by atoms with Crippen molar-refractivity contribution in [1.82, 2.24) is 19.5 Å². The number of fused-ring (bicyclic) bond motifs is 1. The number of benzene rings is 1. The number of hydrogen-bond donors (Lipinski definition) is 4. The molecule has 4 atom stereocenters. The fourth-order valence-corrected chi connectivity index (χ4v) is 3.37. The second-order valence-electron chi connectivity index (χ2n) is 6.77. The Morgan fingerprint density at radius 3 is 2.39 bits per heavy atom. The van der Waals surface area contributed by atoms with Crippen LogP contribution in [0.25, 0.3) is 11.2 Å². The minimum absolute atomic E-state index is 0. The first-order valence-electron chi connectivity index (χ1n) is 8.70. The number of rotatable bonds is 3. The van der Waals surface area contributed by atoms with Crippen molar-refractivity contribution in [3.05, 3.63) is 42.0 Å². The number of amides is 1. The average molecular weight is 438 g/mol. The maximum Gasteiger partial charge on any atom is 0.256 e. The molecule has 13 heteroatoms. The van der Waals surface area contributed by atoms with Gasteiger partial charge in [-0.25, -0.2) is 15.0 Å². The van der Waals surface area contributed by atoms with Crippen LogP contribution in [-0.4, -0.2) is 70.4 Å². The molecule has 1 aliphatic rings. The topological polar surface area (TPSA) is 243 Å². The maximum atomic E-state index is 12.7. The predicted molar refractivity (Wildman–Crippen MR) is 111 cm³/mol. The molecular formula is C18H26N6O7. The van der Waals surface area contributed by atoms with Gasteiger partial charge >= 0.3 is 0 Å². The van der Waals surface area contributed by atoms with Gasteiger partial charge in [0.2, 0.25) is 0 Å². The van der Waals surface area contributed by atoms with Crippen LogP contribution in [0.2, 0.25) is 0 Å². The molecule has 3 aromatic rings. The summed E-state index contributed by atoms with van der Waals surface area (Å²) in [5.74, 6) is -0.369. The van der Waals surface area contributed by atoms with E-state index >= 15 is 0 Å². The van der Waals surface area contributed by atoms with Crippen LogP contribution < -0.4 is 11.1 Å². The van der Waals surface area contributed by atoms with Gasteiger partial charge in [0, 0.05) is 5.69 Å². The Morgan fingerprint density at radius 1 is 1.10 bits per heavy atom. The number of aliphatic hydroxyl groups is 2. The van der Waals surface area contributed by atoms with Crippen molar-refractivity contribution >= 4 is 28.6 Å². The number of carbonyl (C=O) groups is 1. The minimum atomic E-state index is -1.43.